The highest BCUT2D eigenvalue weighted by atomic mass is 15.3. The Balaban J connectivity index is 1.30. The van der Waals surface area contributed by atoms with Crippen LogP contribution in [0.15, 0.2) is 12.4 Å². The molecule has 2 aliphatic heterocycles. The Morgan fingerprint density at radius 3 is 2.62 bits per heavy atom. The third kappa shape index (κ3) is 4.33. The second-order valence-electron chi connectivity index (χ2n) is 9.73. The minimum atomic E-state index is 0.459. The van der Waals surface area contributed by atoms with Gasteiger partial charge < -0.3 is 4.90 Å². The van der Waals surface area contributed by atoms with Gasteiger partial charge in [0.1, 0.15) is 0 Å². The number of likely N-dealkylation sites (tertiary alicyclic amines) is 2. The molecule has 3 fully saturated rings. The minimum Gasteiger partial charge on any atom is -0.302 e. The predicted molar refractivity (Wildman–Crippen MR) is 107 cm³/mol. The van der Waals surface area contributed by atoms with Crippen molar-refractivity contribution in [1.29, 1.82) is 0 Å². The van der Waals surface area contributed by atoms with Crippen molar-refractivity contribution in [3.8, 4) is 0 Å². The fourth-order valence-corrected chi connectivity index (χ4v) is 5.70. The van der Waals surface area contributed by atoms with E-state index >= 15 is 0 Å². The summed E-state index contributed by atoms with van der Waals surface area (Å²) in [6.07, 6.45) is 15.9. The molecular weight excluding hydrogens is 320 g/mol. The first-order chi connectivity index (χ1) is 12.6. The molecular formula is C22H38N4. The van der Waals surface area contributed by atoms with Gasteiger partial charge in [-0.15, -0.1) is 0 Å². The molecule has 3 aliphatic rings. The summed E-state index contributed by atoms with van der Waals surface area (Å²) >= 11 is 0. The maximum Gasteiger partial charge on any atom is 0.0534 e. The highest BCUT2D eigenvalue weighted by Crippen LogP contribution is 2.40. The first kappa shape index (κ1) is 18.5. The molecule has 1 saturated carbocycles. The average Bonchev–Trinajstić information content (AvgIpc) is 3.24. The fourth-order valence-electron chi connectivity index (χ4n) is 5.70. The molecule has 26 heavy (non-hydrogen) atoms. The maximum absolute atomic E-state index is 4.52. The normalized spacial score (nSPS) is 29.2. The van der Waals surface area contributed by atoms with Crippen LogP contribution in [0.3, 0.4) is 0 Å². The predicted octanol–water partition coefficient (Wildman–Crippen LogP) is 4.33. The van der Waals surface area contributed by atoms with Crippen LogP contribution in [0.25, 0.3) is 0 Å². The van der Waals surface area contributed by atoms with Crippen molar-refractivity contribution in [3.63, 3.8) is 0 Å². The lowest BCUT2D eigenvalue weighted by atomic mass is 9.78. The lowest BCUT2D eigenvalue weighted by Crippen LogP contribution is -2.46. The van der Waals surface area contributed by atoms with Gasteiger partial charge in [0.2, 0.25) is 0 Å². The van der Waals surface area contributed by atoms with Crippen LogP contribution in [0.2, 0.25) is 0 Å². The summed E-state index contributed by atoms with van der Waals surface area (Å²) in [7, 11) is 0. The SMILES string of the molecule is CC(C)n1cc(CN2CCC3(CCCN(CC4CCCCC4)C3)C2)cn1. The van der Waals surface area contributed by atoms with E-state index in [1.807, 2.05) is 0 Å². The summed E-state index contributed by atoms with van der Waals surface area (Å²) in [6.45, 7) is 12.1. The number of aromatic nitrogens is 2. The number of nitrogens with zero attached hydrogens (tertiary/aromatic N) is 4. The van der Waals surface area contributed by atoms with E-state index < -0.39 is 0 Å². The average molecular weight is 359 g/mol. The van der Waals surface area contributed by atoms with Gasteiger partial charge in [-0.2, -0.15) is 5.10 Å². The zero-order valence-corrected chi connectivity index (χ0v) is 17.0. The highest BCUT2D eigenvalue weighted by Gasteiger charge is 2.41. The van der Waals surface area contributed by atoms with E-state index in [1.165, 1.54) is 89.7 Å². The summed E-state index contributed by atoms with van der Waals surface area (Å²) < 4.78 is 2.09. The number of hydrogen-bond donors (Lipinski definition) is 0. The molecule has 1 aromatic heterocycles. The van der Waals surface area contributed by atoms with Crippen molar-refractivity contribution in [2.24, 2.45) is 11.3 Å². The molecule has 4 nitrogen and oxygen atoms in total. The van der Waals surface area contributed by atoms with Gasteiger partial charge in [0.15, 0.2) is 0 Å². The van der Waals surface area contributed by atoms with Gasteiger partial charge in [0.05, 0.1) is 6.20 Å². The van der Waals surface area contributed by atoms with Gasteiger partial charge in [-0.25, -0.2) is 0 Å². The van der Waals surface area contributed by atoms with Crippen molar-refractivity contribution < 1.29 is 0 Å². The van der Waals surface area contributed by atoms with Crippen molar-refractivity contribution in [2.75, 3.05) is 32.7 Å². The molecule has 1 unspecified atom stereocenters. The van der Waals surface area contributed by atoms with E-state index in [9.17, 15) is 0 Å². The Bertz CT molecular complexity index is 574. The Morgan fingerprint density at radius 2 is 1.85 bits per heavy atom. The van der Waals surface area contributed by atoms with E-state index in [4.69, 9.17) is 0 Å². The molecule has 2 saturated heterocycles. The van der Waals surface area contributed by atoms with Gasteiger partial charge in [0, 0.05) is 44.0 Å². The number of hydrogen-bond acceptors (Lipinski definition) is 3. The largest absolute Gasteiger partial charge is 0.302 e. The molecule has 1 atom stereocenters. The van der Waals surface area contributed by atoms with Crippen LogP contribution in [0.4, 0.5) is 0 Å². The summed E-state index contributed by atoms with van der Waals surface area (Å²) in [5, 5.41) is 4.52. The summed E-state index contributed by atoms with van der Waals surface area (Å²) in [4.78, 5) is 5.52. The lowest BCUT2D eigenvalue weighted by molar-refractivity contribution is 0.0737. The molecule has 1 aromatic rings. The van der Waals surface area contributed by atoms with Crippen molar-refractivity contribution in [1.82, 2.24) is 19.6 Å². The quantitative estimate of drug-likeness (QED) is 0.783. The van der Waals surface area contributed by atoms with Crippen LogP contribution in [0, 0.1) is 11.3 Å². The van der Waals surface area contributed by atoms with Crippen LogP contribution in [-0.2, 0) is 6.54 Å². The van der Waals surface area contributed by atoms with Crippen molar-refractivity contribution in [3.05, 3.63) is 18.0 Å². The van der Waals surface area contributed by atoms with Crippen molar-refractivity contribution >= 4 is 0 Å². The van der Waals surface area contributed by atoms with Gasteiger partial charge >= 0.3 is 0 Å². The third-order valence-corrected chi connectivity index (χ3v) is 7.09. The second kappa shape index (κ2) is 8.02. The number of rotatable bonds is 5. The zero-order chi connectivity index (χ0) is 18.0. The maximum atomic E-state index is 4.52. The molecule has 1 spiro atoms. The Kier molecular flexibility index (Phi) is 5.70. The molecule has 146 valence electrons. The van der Waals surface area contributed by atoms with E-state index in [1.54, 1.807) is 0 Å². The molecule has 0 N–H and O–H groups in total. The molecule has 0 radical (unpaired) electrons. The van der Waals surface area contributed by atoms with Gasteiger partial charge in [-0.1, -0.05) is 19.3 Å². The van der Waals surface area contributed by atoms with Crippen LogP contribution in [-0.4, -0.2) is 52.3 Å². The molecule has 4 rings (SSSR count). The Labute approximate surface area is 159 Å². The first-order valence-electron chi connectivity index (χ1n) is 11.1. The summed E-state index contributed by atoms with van der Waals surface area (Å²) in [5.41, 5.74) is 1.95. The topological polar surface area (TPSA) is 24.3 Å². The Morgan fingerprint density at radius 1 is 1.04 bits per heavy atom. The van der Waals surface area contributed by atoms with Gasteiger partial charge in [-0.3, -0.25) is 9.58 Å². The van der Waals surface area contributed by atoms with E-state index in [-0.39, 0.29) is 0 Å². The van der Waals surface area contributed by atoms with E-state index in [2.05, 4.69) is 45.8 Å². The molecule has 0 amide bonds. The van der Waals surface area contributed by atoms with Crippen molar-refractivity contribution in [2.45, 2.75) is 77.8 Å². The van der Waals surface area contributed by atoms with E-state index in [0.29, 0.717) is 11.5 Å². The molecule has 3 heterocycles. The monoisotopic (exact) mass is 358 g/mol. The minimum absolute atomic E-state index is 0.459. The third-order valence-electron chi connectivity index (χ3n) is 7.09. The lowest BCUT2D eigenvalue weighted by Gasteiger charge is -2.42. The van der Waals surface area contributed by atoms with Crippen LogP contribution in [0.5, 0.6) is 0 Å². The standard InChI is InChI=1S/C22H38N4/c1-19(2)26-16-21(13-23-26)15-25-12-10-22(18-25)9-6-11-24(17-22)14-20-7-4-3-5-8-20/h13,16,19-20H,3-12,14-15,17-18H2,1-2H3. The van der Waals surface area contributed by atoms with E-state index in [0.717, 1.165) is 12.5 Å². The van der Waals surface area contributed by atoms with Gasteiger partial charge in [-0.05, 0) is 70.4 Å². The smallest absolute Gasteiger partial charge is 0.0534 e. The van der Waals surface area contributed by atoms with Gasteiger partial charge in [0.25, 0.3) is 0 Å². The van der Waals surface area contributed by atoms with Crippen LogP contribution in [0.1, 0.15) is 76.8 Å². The molecule has 4 heteroatoms. The molecule has 1 aliphatic carbocycles. The molecule has 0 bridgehead atoms. The second-order valence-corrected chi connectivity index (χ2v) is 9.73. The Hall–Kier alpha value is -0.870. The highest BCUT2D eigenvalue weighted by molar-refractivity contribution is 5.06. The first-order valence-corrected chi connectivity index (χ1v) is 11.1. The zero-order valence-electron chi connectivity index (χ0n) is 17.0. The van der Waals surface area contributed by atoms with Crippen LogP contribution < -0.4 is 0 Å². The molecule has 0 aromatic carbocycles. The number of piperidine rings is 1. The van der Waals surface area contributed by atoms with Crippen LogP contribution >= 0.6 is 0 Å². The summed E-state index contributed by atoms with van der Waals surface area (Å²) in [6, 6.07) is 0.459. The summed E-state index contributed by atoms with van der Waals surface area (Å²) in [5.74, 6) is 0.985. The fraction of sp³-hybridized carbons (Fsp3) is 0.864.